The van der Waals surface area contributed by atoms with E-state index in [9.17, 15) is 9.59 Å². The van der Waals surface area contributed by atoms with Crippen LogP contribution in [0.25, 0.3) is 5.57 Å². The molecule has 0 unspecified atom stereocenters. The first-order valence-electron chi connectivity index (χ1n) is 9.47. The Kier molecular flexibility index (Phi) is 5.64. The van der Waals surface area contributed by atoms with Crippen LogP contribution in [-0.2, 0) is 9.59 Å². The molecule has 0 atom stereocenters. The zero-order valence-electron chi connectivity index (χ0n) is 17.6. The lowest BCUT2D eigenvalue weighted by Crippen LogP contribution is -2.38. The van der Waals surface area contributed by atoms with Crippen molar-refractivity contribution in [2.75, 3.05) is 19.5 Å². The van der Waals surface area contributed by atoms with Gasteiger partial charge in [0.25, 0.3) is 11.8 Å². The molecule has 6 nitrogen and oxygen atoms in total. The summed E-state index contributed by atoms with van der Waals surface area (Å²) in [5.41, 5.74) is 3.98. The second-order valence-corrected chi connectivity index (χ2v) is 7.33. The number of nitrogens with zero attached hydrogens (tertiary/aromatic N) is 1. The van der Waals surface area contributed by atoms with Crippen LogP contribution in [0, 0.1) is 13.8 Å². The van der Waals surface area contributed by atoms with E-state index in [1.54, 1.807) is 32.4 Å². The molecule has 0 bridgehead atoms. The minimum Gasteiger partial charge on any atom is -0.497 e. The molecule has 0 saturated carbocycles. The van der Waals surface area contributed by atoms with E-state index < -0.39 is 0 Å². The van der Waals surface area contributed by atoms with Crippen LogP contribution in [0.15, 0.2) is 42.1 Å². The Morgan fingerprint density at radius 1 is 0.931 bits per heavy atom. The molecule has 152 valence electrons. The molecule has 0 fully saturated rings. The molecule has 1 N–H and O–H groups in total. The van der Waals surface area contributed by atoms with Gasteiger partial charge in [-0.3, -0.25) is 14.5 Å². The minimum atomic E-state index is -0.349. The summed E-state index contributed by atoms with van der Waals surface area (Å²) in [7, 11) is 3.11. The molecule has 29 heavy (non-hydrogen) atoms. The summed E-state index contributed by atoms with van der Waals surface area (Å²) in [6, 6.07) is 10.8. The maximum absolute atomic E-state index is 13.2. The third kappa shape index (κ3) is 3.70. The van der Waals surface area contributed by atoms with E-state index in [1.165, 1.54) is 4.90 Å². The molecule has 2 aromatic rings. The third-order valence-corrected chi connectivity index (χ3v) is 4.95. The van der Waals surface area contributed by atoms with Crippen LogP contribution < -0.4 is 14.8 Å². The van der Waals surface area contributed by atoms with Crippen LogP contribution in [-0.4, -0.2) is 37.0 Å². The lowest BCUT2D eigenvalue weighted by molar-refractivity contribution is -0.138. The molecule has 1 aliphatic rings. The van der Waals surface area contributed by atoms with E-state index in [0.717, 1.165) is 16.7 Å². The number of rotatable bonds is 6. The summed E-state index contributed by atoms with van der Waals surface area (Å²) in [5.74, 6) is 0.499. The molecule has 0 radical (unpaired) electrons. The van der Waals surface area contributed by atoms with Gasteiger partial charge in [0, 0.05) is 12.1 Å². The van der Waals surface area contributed by atoms with Crippen LogP contribution in [0.1, 0.15) is 30.5 Å². The fourth-order valence-electron chi connectivity index (χ4n) is 3.51. The molecule has 1 heterocycles. The van der Waals surface area contributed by atoms with Gasteiger partial charge < -0.3 is 14.8 Å². The summed E-state index contributed by atoms with van der Waals surface area (Å²) in [6.45, 7) is 7.59. The van der Waals surface area contributed by atoms with Crippen molar-refractivity contribution < 1.29 is 19.1 Å². The summed E-state index contributed by atoms with van der Waals surface area (Å²) in [4.78, 5) is 27.7. The van der Waals surface area contributed by atoms with Crippen molar-refractivity contribution >= 4 is 23.1 Å². The molecule has 0 aromatic heterocycles. The second-order valence-electron chi connectivity index (χ2n) is 7.33. The first kappa shape index (κ1) is 20.5. The van der Waals surface area contributed by atoms with E-state index in [2.05, 4.69) is 5.32 Å². The lowest BCUT2D eigenvalue weighted by Gasteiger charge is -2.19. The van der Waals surface area contributed by atoms with E-state index >= 15 is 0 Å². The van der Waals surface area contributed by atoms with E-state index in [0.29, 0.717) is 22.8 Å². The Hall–Kier alpha value is -3.28. The minimum absolute atomic E-state index is 0.249. The van der Waals surface area contributed by atoms with Gasteiger partial charge in [-0.05, 0) is 51.0 Å². The van der Waals surface area contributed by atoms with Gasteiger partial charge in [0.15, 0.2) is 0 Å². The topological polar surface area (TPSA) is 67.9 Å². The molecule has 0 aliphatic carbocycles. The highest BCUT2D eigenvalue weighted by atomic mass is 16.5. The SMILES string of the molecule is COc1ccc(NC2=C(c3ccc(C)cc3C)C(=O)N(C(C)C)C2=O)c(OC)c1. The van der Waals surface area contributed by atoms with Crippen LogP contribution in [0.3, 0.4) is 0 Å². The van der Waals surface area contributed by atoms with Gasteiger partial charge in [-0.15, -0.1) is 0 Å². The number of imide groups is 1. The Balaban J connectivity index is 2.16. The lowest BCUT2D eigenvalue weighted by atomic mass is 9.97. The number of methoxy groups -OCH3 is 2. The van der Waals surface area contributed by atoms with Crippen LogP contribution in [0.4, 0.5) is 5.69 Å². The molecule has 2 amide bonds. The van der Waals surface area contributed by atoms with Gasteiger partial charge in [0.2, 0.25) is 0 Å². The Morgan fingerprint density at radius 3 is 2.24 bits per heavy atom. The number of carbonyl (C=O) groups excluding carboxylic acids is 2. The van der Waals surface area contributed by atoms with E-state index in [-0.39, 0.29) is 23.6 Å². The summed E-state index contributed by atoms with van der Waals surface area (Å²) < 4.78 is 10.7. The molecule has 0 saturated heterocycles. The predicted octanol–water partition coefficient (Wildman–Crippen LogP) is 3.92. The van der Waals surface area contributed by atoms with Crippen molar-refractivity contribution in [1.82, 2.24) is 4.90 Å². The predicted molar refractivity (Wildman–Crippen MR) is 113 cm³/mol. The van der Waals surface area contributed by atoms with Crippen molar-refractivity contribution in [3.8, 4) is 11.5 Å². The summed E-state index contributed by atoms with van der Waals surface area (Å²) >= 11 is 0. The number of hydrogen-bond acceptors (Lipinski definition) is 5. The quantitative estimate of drug-likeness (QED) is 0.752. The van der Waals surface area contributed by atoms with Gasteiger partial charge in [-0.25, -0.2) is 0 Å². The standard InChI is InChI=1S/C23H26N2O4/c1-13(2)25-22(26)20(17-9-7-14(3)11-15(17)4)21(23(25)27)24-18-10-8-16(28-5)12-19(18)29-6/h7-13,24H,1-6H3. The number of ether oxygens (including phenoxy) is 2. The Morgan fingerprint density at radius 2 is 1.66 bits per heavy atom. The van der Waals surface area contributed by atoms with Crippen molar-refractivity contribution in [3.63, 3.8) is 0 Å². The maximum atomic E-state index is 13.2. The van der Waals surface area contributed by atoms with Crippen LogP contribution in [0.2, 0.25) is 0 Å². The van der Waals surface area contributed by atoms with Gasteiger partial charge in [-0.2, -0.15) is 0 Å². The number of carbonyl (C=O) groups is 2. The van der Waals surface area contributed by atoms with Gasteiger partial charge in [0.1, 0.15) is 17.2 Å². The van der Waals surface area contributed by atoms with Crippen molar-refractivity contribution in [3.05, 3.63) is 58.8 Å². The Labute approximate surface area is 171 Å². The van der Waals surface area contributed by atoms with E-state index in [1.807, 2.05) is 45.9 Å². The molecule has 2 aromatic carbocycles. The number of amides is 2. The summed E-state index contributed by atoms with van der Waals surface area (Å²) in [6.07, 6.45) is 0. The third-order valence-electron chi connectivity index (χ3n) is 4.95. The number of benzene rings is 2. The highest BCUT2D eigenvalue weighted by Gasteiger charge is 2.41. The second kappa shape index (κ2) is 7.99. The number of hydrogen-bond donors (Lipinski definition) is 1. The van der Waals surface area contributed by atoms with Gasteiger partial charge in [-0.1, -0.05) is 23.8 Å². The monoisotopic (exact) mass is 394 g/mol. The number of aryl methyl sites for hydroxylation is 2. The maximum Gasteiger partial charge on any atom is 0.278 e. The molecule has 0 spiro atoms. The van der Waals surface area contributed by atoms with Crippen molar-refractivity contribution in [1.29, 1.82) is 0 Å². The number of nitrogens with one attached hydrogen (secondary N) is 1. The Bertz CT molecular complexity index is 1010. The van der Waals surface area contributed by atoms with E-state index in [4.69, 9.17) is 9.47 Å². The first-order valence-corrected chi connectivity index (χ1v) is 9.47. The largest absolute Gasteiger partial charge is 0.497 e. The molecular formula is C23H26N2O4. The molecule has 3 rings (SSSR count). The molecular weight excluding hydrogens is 368 g/mol. The fraction of sp³-hybridized carbons (Fsp3) is 0.304. The highest BCUT2D eigenvalue weighted by Crippen LogP contribution is 2.36. The zero-order chi connectivity index (χ0) is 21.3. The normalized spacial score (nSPS) is 14.1. The smallest absolute Gasteiger partial charge is 0.278 e. The van der Waals surface area contributed by atoms with Crippen LogP contribution >= 0.6 is 0 Å². The fourth-order valence-corrected chi connectivity index (χ4v) is 3.51. The van der Waals surface area contributed by atoms with Gasteiger partial charge in [0.05, 0.1) is 25.5 Å². The average Bonchev–Trinajstić information content (AvgIpc) is 2.92. The highest BCUT2D eigenvalue weighted by molar-refractivity contribution is 6.37. The first-order chi connectivity index (χ1) is 13.8. The molecule has 6 heteroatoms. The summed E-state index contributed by atoms with van der Waals surface area (Å²) in [5, 5.41) is 3.15. The van der Waals surface area contributed by atoms with Crippen molar-refractivity contribution in [2.45, 2.75) is 33.7 Å². The van der Waals surface area contributed by atoms with Crippen LogP contribution in [0.5, 0.6) is 11.5 Å². The zero-order valence-corrected chi connectivity index (χ0v) is 17.6. The molecule has 1 aliphatic heterocycles. The van der Waals surface area contributed by atoms with Crippen molar-refractivity contribution in [2.24, 2.45) is 0 Å². The number of anilines is 1. The van der Waals surface area contributed by atoms with Gasteiger partial charge >= 0.3 is 0 Å². The average molecular weight is 394 g/mol.